The molecule has 0 heterocycles. The number of benzene rings is 4. The number of hydrogen-bond acceptors (Lipinski definition) is 4. The van der Waals surface area contributed by atoms with E-state index in [1.54, 1.807) is 12.1 Å². The van der Waals surface area contributed by atoms with Crippen LogP contribution in [0.5, 0.6) is 23.0 Å². The molecule has 0 saturated carbocycles. The molecule has 0 aliphatic rings. The van der Waals surface area contributed by atoms with Crippen molar-refractivity contribution in [1.29, 1.82) is 0 Å². The van der Waals surface area contributed by atoms with Crippen molar-refractivity contribution >= 4 is 0 Å². The van der Waals surface area contributed by atoms with Crippen molar-refractivity contribution in [3.8, 4) is 23.0 Å². The van der Waals surface area contributed by atoms with Crippen LogP contribution in [0.3, 0.4) is 0 Å². The normalized spacial score (nSPS) is 10.8. The van der Waals surface area contributed by atoms with Crippen molar-refractivity contribution in [2.75, 3.05) is 19.8 Å². The van der Waals surface area contributed by atoms with E-state index in [0.717, 1.165) is 57.8 Å². The summed E-state index contributed by atoms with van der Waals surface area (Å²) in [5.41, 5.74) is 4.00. The molecule has 0 amide bonds. The predicted octanol–water partition coefficient (Wildman–Crippen LogP) is 8.60. The highest BCUT2D eigenvalue weighted by Crippen LogP contribution is 2.44. The van der Waals surface area contributed by atoms with Gasteiger partial charge >= 0.3 is 0 Å². The second-order valence-electron chi connectivity index (χ2n) is 10.1. The van der Waals surface area contributed by atoms with E-state index in [1.807, 2.05) is 18.2 Å². The molecule has 0 spiro atoms. The first kappa shape index (κ1) is 29.1. The van der Waals surface area contributed by atoms with Crippen LogP contribution in [-0.4, -0.2) is 24.9 Å². The van der Waals surface area contributed by atoms with Gasteiger partial charge in [0.1, 0.15) is 0 Å². The van der Waals surface area contributed by atoms with Crippen molar-refractivity contribution in [2.24, 2.45) is 0 Å². The molecule has 4 nitrogen and oxygen atoms in total. The number of phenols is 1. The van der Waals surface area contributed by atoms with Crippen LogP contribution < -0.4 is 14.2 Å². The van der Waals surface area contributed by atoms with Gasteiger partial charge in [0.2, 0.25) is 11.5 Å². The third-order valence-electron chi connectivity index (χ3n) is 6.91. The number of phenolic OH excluding ortho intramolecular Hbond substituents is 1. The lowest BCUT2D eigenvalue weighted by Crippen LogP contribution is -2.07. The quantitative estimate of drug-likeness (QED) is 0.129. The smallest absolute Gasteiger partial charge is 0.207 e. The van der Waals surface area contributed by atoms with Crippen LogP contribution in [0, 0.1) is 0 Å². The molecule has 1 N–H and O–H groups in total. The molecule has 40 heavy (non-hydrogen) atoms. The van der Waals surface area contributed by atoms with Crippen molar-refractivity contribution in [2.45, 2.75) is 57.8 Å². The lowest BCUT2D eigenvalue weighted by Gasteiger charge is -2.18. The second kappa shape index (κ2) is 16.9. The van der Waals surface area contributed by atoms with E-state index < -0.39 is 0 Å². The van der Waals surface area contributed by atoms with E-state index in [9.17, 15) is 5.11 Å². The molecule has 4 aromatic rings. The summed E-state index contributed by atoms with van der Waals surface area (Å²) in [5, 5.41) is 10.7. The third-order valence-corrected chi connectivity index (χ3v) is 6.91. The minimum absolute atomic E-state index is 0.0822. The minimum atomic E-state index is 0.0822. The second-order valence-corrected chi connectivity index (χ2v) is 10.1. The van der Waals surface area contributed by atoms with Gasteiger partial charge in [-0.2, -0.15) is 0 Å². The summed E-state index contributed by atoms with van der Waals surface area (Å²) in [5.74, 6) is 1.59. The third kappa shape index (κ3) is 10.00. The largest absolute Gasteiger partial charge is 0.504 e. The summed E-state index contributed by atoms with van der Waals surface area (Å²) in [4.78, 5) is 0. The topological polar surface area (TPSA) is 47.9 Å². The number of rotatable bonds is 18. The van der Waals surface area contributed by atoms with Crippen molar-refractivity contribution in [1.82, 2.24) is 0 Å². The number of aryl methyl sites for hydroxylation is 3. The Morgan fingerprint density at radius 2 is 0.800 bits per heavy atom. The Balaban J connectivity index is 1.30. The number of unbranched alkanes of at least 4 members (excludes halogenated alkanes) is 3. The first-order chi connectivity index (χ1) is 19.8. The number of hydrogen-bond donors (Lipinski definition) is 1. The Labute approximate surface area is 239 Å². The maximum Gasteiger partial charge on any atom is 0.207 e. The molecule has 210 valence electrons. The van der Waals surface area contributed by atoms with Crippen LogP contribution in [0.15, 0.2) is 103 Å². The summed E-state index contributed by atoms with van der Waals surface area (Å²) in [7, 11) is 0. The molecule has 0 unspecified atom stereocenters. The van der Waals surface area contributed by atoms with Crippen molar-refractivity contribution in [3.05, 3.63) is 120 Å². The van der Waals surface area contributed by atoms with Gasteiger partial charge in [-0.1, -0.05) is 91.0 Å². The van der Waals surface area contributed by atoms with Crippen LogP contribution in [-0.2, 0) is 19.3 Å². The molecule has 0 atom stereocenters. The Hall–Kier alpha value is -3.92. The van der Waals surface area contributed by atoms with Gasteiger partial charge in [0, 0.05) is 0 Å². The van der Waals surface area contributed by atoms with Gasteiger partial charge in [0.05, 0.1) is 19.8 Å². The fourth-order valence-electron chi connectivity index (χ4n) is 4.68. The maximum atomic E-state index is 10.7. The van der Waals surface area contributed by atoms with E-state index >= 15 is 0 Å². The van der Waals surface area contributed by atoms with E-state index in [4.69, 9.17) is 14.2 Å². The van der Waals surface area contributed by atoms with Gasteiger partial charge in [-0.25, -0.2) is 0 Å². The summed E-state index contributed by atoms with van der Waals surface area (Å²) in [6.45, 7) is 1.62. The van der Waals surface area contributed by atoms with E-state index in [0.29, 0.717) is 37.1 Å². The highest BCUT2D eigenvalue weighted by Gasteiger charge is 2.18. The molecule has 0 aliphatic carbocycles. The Morgan fingerprint density at radius 1 is 0.400 bits per heavy atom. The average molecular weight is 539 g/mol. The molecule has 0 bridgehead atoms. The molecular weight excluding hydrogens is 496 g/mol. The molecule has 0 radical (unpaired) electrons. The zero-order valence-electron chi connectivity index (χ0n) is 23.5. The lowest BCUT2D eigenvalue weighted by molar-refractivity contribution is 0.229. The zero-order valence-corrected chi connectivity index (χ0v) is 23.5. The Bertz CT molecular complexity index is 1230. The molecule has 4 heteroatoms. The van der Waals surface area contributed by atoms with Gasteiger partial charge in [-0.15, -0.1) is 0 Å². The number of aromatic hydroxyl groups is 1. The predicted molar refractivity (Wildman–Crippen MR) is 163 cm³/mol. The summed E-state index contributed by atoms with van der Waals surface area (Å²) >= 11 is 0. The van der Waals surface area contributed by atoms with E-state index in [1.165, 1.54) is 16.7 Å². The van der Waals surface area contributed by atoms with Crippen LogP contribution >= 0.6 is 0 Å². The summed E-state index contributed by atoms with van der Waals surface area (Å²) in [6, 6.07) is 34.9. The fraction of sp³-hybridized carbons (Fsp3) is 0.333. The highest BCUT2D eigenvalue weighted by molar-refractivity contribution is 5.58. The van der Waals surface area contributed by atoms with Crippen molar-refractivity contribution in [3.63, 3.8) is 0 Å². The maximum absolute atomic E-state index is 10.7. The Kier molecular flexibility index (Phi) is 12.3. The average Bonchev–Trinajstić information content (AvgIpc) is 3.00. The van der Waals surface area contributed by atoms with Crippen LogP contribution in [0.4, 0.5) is 0 Å². The van der Waals surface area contributed by atoms with E-state index in [-0.39, 0.29) is 5.75 Å². The Morgan fingerprint density at radius 3 is 1.25 bits per heavy atom. The van der Waals surface area contributed by atoms with Gasteiger partial charge in [-0.05, 0) is 86.6 Å². The van der Waals surface area contributed by atoms with Gasteiger partial charge in [0.25, 0.3) is 0 Å². The lowest BCUT2D eigenvalue weighted by atomic mass is 10.1. The minimum Gasteiger partial charge on any atom is -0.504 e. The summed E-state index contributed by atoms with van der Waals surface area (Å²) in [6.07, 6.45) is 8.85. The molecule has 0 aromatic heterocycles. The van der Waals surface area contributed by atoms with Crippen LogP contribution in [0.25, 0.3) is 0 Å². The molecule has 0 fully saturated rings. The van der Waals surface area contributed by atoms with Gasteiger partial charge in [-0.3, -0.25) is 0 Å². The highest BCUT2D eigenvalue weighted by atomic mass is 16.5. The first-order valence-corrected chi connectivity index (χ1v) is 14.7. The molecule has 0 saturated heterocycles. The molecular formula is C36H42O4. The van der Waals surface area contributed by atoms with Gasteiger partial charge in [0.15, 0.2) is 11.5 Å². The number of ether oxygens (including phenoxy) is 3. The molecule has 4 rings (SSSR count). The molecule has 0 aliphatic heterocycles. The SMILES string of the molecule is Oc1ccc(OCCCCc2ccccc2)c(OCCCCc2ccccc2)c1OCCCCc1ccccc1. The van der Waals surface area contributed by atoms with Crippen molar-refractivity contribution < 1.29 is 19.3 Å². The standard InChI is InChI=1S/C36H42O4/c37-33-25-26-34(38-27-13-10-22-30-16-4-1-5-17-30)36(40-29-15-12-24-32-20-8-3-9-21-32)35(33)39-28-14-11-23-31-18-6-2-7-19-31/h1-9,16-21,25-26,37H,10-15,22-24,27-29H2. The fourth-order valence-corrected chi connectivity index (χ4v) is 4.68. The monoisotopic (exact) mass is 538 g/mol. The van der Waals surface area contributed by atoms with E-state index in [2.05, 4.69) is 72.8 Å². The van der Waals surface area contributed by atoms with Crippen LogP contribution in [0.1, 0.15) is 55.2 Å². The molecule has 4 aromatic carbocycles. The zero-order chi connectivity index (χ0) is 27.7. The summed E-state index contributed by atoms with van der Waals surface area (Å²) < 4.78 is 18.5. The van der Waals surface area contributed by atoms with Gasteiger partial charge < -0.3 is 19.3 Å². The first-order valence-electron chi connectivity index (χ1n) is 14.7. The van der Waals surface area contributed by atoms with Crippen LogP contribution in [0.2, 0.25) is 0 Å².